The van der Waals surface area contributed by atoms with Gasteiger partial charge in [0, 0.05) is 18.2 Å². The van der Waals surface area contributed by atoms with Crippen molar-refractivity contribution in [3.05, 3.63) is 77.1 Å². The van der Waals surface area contributed by atoms with Crippen LogP contribution in [0.4, 0.5) is 5.82 Å². The smallest absolute Gasteiger partial charge is 0.263 e. The summed E-state index contributed by atoms with van der Waals surface area (Å²) < 4.78 is 28.0. The lowest BCUT2D eigenvalue weighted by Crippen LogP contribution is -2.16. The Hall–Kier alpha value is -2.97. The van der Waals surface area contributed by atoms with Gasteiger partial charge in [0.05, 0.1) is 21.3 Å². The quantitative estimate of drug-likeness (QED) is 0.251. The molecule has 0 fully saturated rings. The molecule has 7 nitrogen and oxygen atoms in total. The highest BCUT2D eigenvalue weighted by Crippen LogP contribution is 2.25. The second-order valence-electron chi connectivity index (χ2n) is 7.70. The van der Waals surface area contributed by atoms with Crippen LogP contribution < -0.4 is 4.72 Å². The van der Waals surface area contributed by atoms with Crippen molar-refractivity contribution in [2.75, 3.05) is 4.72 Å². The molecule has 0 saturated heterocycles. The Labute approximate surface area is 187 Å². The molecule has 0 unspecified atom stereocenters. The first-order chi connectivity index (χ1) is 14.5. The topological polar surface area (TPSA) is 104 Å². The highest BCUT2D eigenvalue weighted by molar-refractivity contribution is 7.92. The zero-order valence-electron chi connectivity index (χ0n) is 17.6. The van der Waals surface area contributed by atoms with Gasteiger partial charge in [-0.05, 0) is 42.0 Å². The number of hydrogen-bond acceptors (Lipinski definition) is 6. The average molecular weight is 461 g/mol. The summed E-state index contributed by atoms with van der Waals surface area (Å²) in [5, 5.41) is 12.9. The van der Waals surface area contributed by atoms with E-state index in [-0.39, 0.29) is 33.3 Å². The summed E-state index contributed by atoms with van der Waals surface area (Å²) in [6, 6.07) is 9.66. The van der Waals surface area contributed by atoms with Crippen LogP contribution in [0.5, 0.6) is 0 Å². The first-order valence-corrected chi connectivity index (χ1v) is 11.2. The van der Waals surface area contributed by atoms with Crippen molar-refractivity contribution < 1.29 is 13.6 Å². The molecule has 0 aliphatic heterocycles. The summed E-state index contributed by atoms with van der Waals surface area (Å²) in [6.07, 6.45) is 2.85. The lowest BCUT2D eigenvalue weighted by Gasteiger charge is -2.19. The van der Waals surface area contributed by atoms with Crippen molar-refractivity contribution in [3.63, 3.8) is 0 Å². The lowest BCUT2D eigenvalue weighted by atomic mass is 9.87. The van der Waals surface area contributed by atoms with E-state index in [9.17, 15) is 13.6 Å². The van der Waals surface area contributed by atoms with Gasteiger partial charge in [-0.1, -0.05) is 62.3 Å². The summed E-state index contributed by atoms with van der Waals surface area (Å²) in [5.41, 5.74) is 1.88. The van der Waals surface area contributed by atoms with Crippen molar-refractivity contribution in [2.45, 2.75) is 37.5 Å². The molecule has 0 amide bonds. The second kappa shape index (κ2) is 9.89. The summed E-state index contributed by atoms with van der Waals surface area (Å²) in [6.45, 7) is 13.2. The van der Waals surface area contributed by atoms with Gasteiger partial charge in [0.1, 0.15) is 5.82 Å². The van der Waals surface area contributed by atoms with E-state index in [1.54, 1.807) is 24.3 Å². The first-order valence-electron chi connectivity index (χ1n) is 9.30. The number of allylic oxidation sites excluding steroid dienone is 2. The van der Waals surface area contributed by atoms with E-state index in [0.717, 1.165) is 5.56 Å². The maximum absolute atomic E-state index is 12.8. The SMILES string of the molecule is C=CC(=C\N=C)/C(Cc1nc(NS(=O)(=O)c2ccc(C(C)(C)C)cc2)ccc1Cl)=N\O. The van der Waals surface area contributed by atoms with E-state index in [1.165, 1.54) is 24.4 Å². The number of aliphatic imine (C=N–C) groups is 1. The zero-order chi connectivity index (χ0) is 23.2. The molecule has 0 radical (unpaired) electrons. The third-order valence-corrected chi connectivity index (χ3v) is 6.14. The van der Waals surface area contributed by atoms with Crippen LogP contribution in [0, 0.1) is 0 Å². The number of nitrogens with zero attached hydrogens (tertiary/aromatic N) is 3. The highest BCUT2D eigenvalue weighted by atomic mass is 35.5. The molecule has 2 rings (SSSR count). The van der Waals surface area contributed by atoms with Crippen molar-refractivity contribution in [2.24, 2.45) is 10.1 Å². The van der Waals surface area contributed by atoms with Gasteiger partial charge in [-0.15, -0.1) is 0 Å². The number of anilines is 1. The number of aromatic nitrogens is 1. The Morgan fingerprint density at radius 2 is 1.87 bits per heavy atom. The number of halogens is 1. The van der Waals surface area contributed by atoms with Crippen LogP contribution in [0.25, 0.3) is 0 Å². The van der Waals surface area contributed by atoms with Gasteiger partial charge in [0.2, 0.25) is 0 Å². The fraction of sp³-hybridized carbons (Fsp3) is 0.227. The predicted octanol–water partition coefficient (Wildman–Crippen LogP) is 4.98. The monoisotopic (exact) mass is 460 g/mol. The Balaban J connectivity index is 2.31. The van der Waals surface area contributed by atoms with Crippen LogP contribution in [0.15, 0.2) is 75.9 Å². The third kappa shape index (κ3) is 6.26. The molecule has 164 valence electrons. The van der Waals surface area contributed by atoms with Crippen molar-refractivity contribution in [1.29, 1.82) is 0 Å². The first kappa shape index (κ1) is 24.3. The molecule has 31 heavy (non-hydrogen) atoms. The molecular formula is C22H25ClN4O3S. The molecule has 0 spiro atoms. The molecule has 9 heteroatoms. The Morgan fingerprint density at radius 3 is 2.39 bits per heavy atom. The Kier molecular flexibility index (Phi) is 7.75. The lowest BCUT2D eigenvalue weighted by molar-refractivity contribution is 0.318. The fourth-order valence-corrected chi connectivity index (χ4v) is 3.87. The van der Waals surface area contributed by atoms with E-state index in [1.807, 2.05) is 0 Å². The van der Waals surface area contributed by atoms with Gasteiger partial charge in [0.25, 0.3) is 10.0 Å². The van der Waals surface area contributed by atoms with Crippen molar-refractivity contribution in [1.82, 2.24) is 4.98 Å². The maximum Gasteiger partial charge on any atom is 0.263 e. The maximum atomic E-state index is 12.8. The van der Waals surface area contributed by atoms with E-state index in [2.05, 4.69) is 53.9 Å². The second-order valence-corrected chi connectivity index (χ2v) is 9.79. The standard InChI is InChI=1S/C22H25ClN4O3S/c1-6-15(14-24-5)19(26-28)13-20-18(23)11-12-21(25-20)27-31(29,30)17-9-7-16(8-10-17)22(2,3)4/h6-12,14,28H,1,5,13H2,2-4H3,(H,25,27)/b15-14+,26-19-. The van der Waals surface area contributed by atoms with Gasteiger partial charge in [-0.25, -0.2) is 13.4 Å². The number of oxime groups is 1. The number of rotatable bonds is 8. The van der Waals surface area contributed by atoms with Crippen LogP contribution >= 0.6 is 11.6 Å². The molecule has 0 atom stereocenters. The van der Waals surface area contributed by atoms with Crippen LogP contribution in [0.1, 0.15) is 32.0 Å². The minimum Gasteiger partial charge on any atom is -0.411 e. The van der Waals surface area contributed by atoms with Gasteiger partial charge < -0.3 is 5.21 Å². The summed E-state index contributed by atoms with van der Waals surface area (Å²) in [7, 11) is -3.85. The van der Waals surface area contributed by atoms with Crippen LogP contribution in [0.3, 0.4) is 0 Å². The van der Waals surface area contributed by atoms with Crippen LogP contribution in [-0.2, 0) is 21.9 Å². The van der Waals surface area contributed by atoms with E-state index >= 15 is 0 Å². The number of sulfonamides is 1. The number of benzene rings is 1. The molecule has 0 aliphatic carbocycles. The summed E-state index contributed by atoms with van der Waals surface area (Å²) in [5.74, 6) is 0.0857. The zero-order valence-corrected chi connectivity index (χ0v) is 19.2. The fourth-order valence-electron chi connectivity index (χ4n) is 2.69. The van der Waals surface area contributed by atoms with Crippen molar-refractivity contribution in [3.8, 4) is 0 Å². The number of nitrogens with one attached hydrogen (secondary N) is 1. The normalized spacial score (nSPS) is 13.0. The Morgan fingerprint density at radius 1 is 1.23 bits per heavy atom. The molecule has 0 bridgehead atoms. The highest BCUT2D eigenvalue weighted by Gasteiger charge is 2.19. The molecule has 0 saturated carbocycles. The summed E-state index contributed by atoms with van der Waals surface area (Å²) >= 11 is 6.21. The van der Waals surface area contributed by atoms with Crippen LogP contribution in [0.2, 0.25) is 5.02 Å². The largest absolute Gasteiger partial charge is 0.411 e. The average Bonchev–Trinajstić information content (AvgIpc) is 2.72. The molecule has 2 aromatic rings. The summed E-state index contributed by atoms with van der Waals surface area (Å²) in [4.78, 5) is 8.04. The number of pyridine rings is 1. The minimum absolute atomic E-state index is 0.0263. The van der Waals surface area contributed by atoms with Crippen LogP contribution in [-0.4, -0.2) is 31.0 Å². The minimum atomic E-state index is -3.85. The molecule has 1 aromatic carbocycles. The van der Waals surface area contributed by atoms with E-state index in [4.69, 9.17) is 11.6 Å². The third-order valence-electron chi connectivity index (χ3n) is 4.43. The Bertz CT molecular complexity index is 1130. The molecule has 1 heterocycles. The molecule has 1 aromatic heterocycles. The van der Waals surface area contributed by atoms with Gasteiger partial charge >= 0.3 is 0 Å². The molecule has 0 aliphatic rings. The van der Waals surface area contributed by atoms with Gasteiger partial charge in [-0.3, -0.25) is 9.71 Å². The van der Waals surface area contributed by atoms with Gasteiger partial charge in [0.15, 0.2) is 0 Å². The van der Waals surface area contributed by atoms with Gasteiger partial charge in [-0.2, -0.15) is 0 Å². The predicted molar refractivity (Wildman–Crippen MR) is 126 cm³/mol. The number of hydrogen-bond donors (Lipinski definition) is 2. The molecule has 2 N–H and O–H groups in total. The van der Waals surface area contributed by atoms with E-state index < -0.39 is 10.0 Å². The molecular weight excluding hydrogens is 436 g/mol. The van der Waals surface area contributed by atoms with Crippen molar-refractivity contribution >= 4 is 39.9 Å². The van der Waals surface area contributed by atoms with E-state index in [0.29, 0.717) is 11.3 Å².